The SMILES string of the molecule is O=C(Oc1ccccc1)c1ccc(-c2ccc(-c3ccc(-c4ccc(C(=O)c5ccccc5)cc4)cc3)cc2)cc1. The molecule has 0 spiro atoms. The molecule has 0 aliphatic rings. The Morgan fingerprint density at radius 1 is 0.341 bits per heavy atom. The fourth-order valence-corrected chi connectivity index (χ4v) is 4.73. The highest BCUT2D eigenvalue weighted by molar-refractivity contribution is 6.09. The van der Waals surface area contributed by atoms with Gasteiger partial charge in [-0.1, -0.05) is 133 Å². The molecule has 6 aromatic rings. The number of carbonyl (C=O) groups is 2. The second-order valence-corrected chi connectivity index (χ2v) is 9.71. The minimum atomic E-state index is -0.377. The molecule has 0 unspecified atom stereocenters. The van der Waals surface area contributed by atoms with Crippen molar-refractivity contribution in [3.63, 3.8) is 0 Å². The molecule has 0 N–H and O–H groups in total. The summed E-state index contributed by atoms with van der Waals surface area (Å²) in [6.45, 7) is 0. The summed E-state index contributed by atoms with van der Waals surface area (Å²) in [4.78, 5) is 25.1. The molecule has 0 aliphatic carbocycles. The van der Waals surface area contributed by atoms with Crippen LogP contribution >= 0.6 is 0 Å². The number of esters is 1. The molecule has 41 heavy (non-hydrogen) atoms. The summed E-state index contributed by atoms with van der Waals surface area (Å²) in [5.74, 6) is 0.175. The average Bonchev–Trinajstić information content (AvgIpc) is 3.06. The molecule has 3 nitrogen and oxygen atoms in total. The first-order chi connectivity index (χ1) is 20.1. The van der Waals surface area contributed by atoms with Gasteiger partial charge in [-0.2, -0.15) is 0 Å². The van der Waals surface area contributed by atoms with Crippen molar-refractivity contribution in [2.45, 2.75) is 0 Å². The third kappa shape index (κ3) is 5.90. The molecule has 0 bridgehead atoms. The first-order valence-corrected chi connectivity index (χ1v) is 13.4. The average molecular weight is 531 g/mol. The second-order valence-electron chi connectivity index (χ2n) is 9.71. The zero-order valence-electron chi connectivity index (χ0n) is 22.2. The molecule has 0 heterocycles. The van der Waals surface area contributed by atoms with Gasteiger partial charge in [-0.15, -0.1) is 0 Å². The van der Waals surface area contributed by atoms with E-state index in [1.807, 2.05) is 84.9 Å². The van der Waals surface area contributed by atoms with Gasteiger partial charge in [-0.05, 0) is 57.6 Å². The molecule has 3 heteroatoms. The standard InChI is InChI=1S/C38H26O3/c39-37(33-7-3-1-4-8-33)34-23-19-31(20-24-34)29-15-11-27(12-16-29)28-13-17-30(18-14-28)32-21-25-35(26-22-32)38(40)41-36-9-5-2-6-10-36/h1-26H. The van der Waals surface area contributed by atoms with E-state index in [1.165, 1.54) is 0 Å². The second kappa shape index (κ2) is 11.7. The molecule has 6 rings (SSSR count). The zero-order valence-corrected chi connectivity index (χ0v) is 22.2. The molecule has 0 fully saturated rings. The van der Waals surface area contributed by atoms with Crippen LogP contribution in [0.15, 0.2) is 158 Å². The van der Waals surface area contributed by atoms with Crippen molar-refractivity contribution in [2.24, 2.45) is 0 Å². The van der Waals surface area contributed by atoms with Gasteiger partial charge in [-0.25, -0.2) is 4.79 Å². The summed E-state index contributed by atoms with van der Waals surface area (Å²) in [5.41, 5.74) is 8.36. The molecule has 196 valence electrons. The van der Waals surface area contributed by atoms with E-state index in [0.29, 0.717) is 22.4 Å². The summed E-state index contributed by atoms with van der Waals surface area (Å²) in [5, 5.41) is 0. The summed E-state index contributed by atoms with van der Waals surface area (Å²) in [6, 6.07) is 50.4. The topological polar surface area (TPSA) is 43.4 Å². The first kappa shape index (κ1) is 25.7. The number of hydrogen-bond acceptors (Lipinski definition) is 3. The van der Waals surface area contributed by atoms with E-state index in [2.05, 4.69) is 48.5 Å². The summed E-state index contributed by atoms with van der Waals surface area (Å²) >= 11 is 0. The van der Waals surface area contributed by atoms with E-state index in [9.17, 15) is 9.59 Å². The molecule has 0 aliphatic heterocycles. The van der Waals surface area contributed by atoms with Gasteiger partial charge in [-0.3, -0.25) is 4.79 Å². The minimum absolute atomic E-state index is 0.0254. The molecule has 0 saturated carbocycles. The lowest BCUT2D eigenvalue weighted by molar-refractivity contribution is 0.0734. The smallest absolute Gasteiger partial charge is 0.343 e. The Bertz CT molecular complexity index is 1770. The predicted octanol–water partition coefficient (Wildman–Crippen LogP) is 9.14. The van der Waals surface area contributed by atoms with Crippen LogP contribution < -0.4 is 4.74 Å². The van der Waals surface area contributed by atoms with Gasteiger partial charge in [0.2, 0.25) is 0 Å². The maximum Gasteiger partial charge on any atom is 0.343 e. The largest absolute Gasteiger partial charge is 0.423 e. The van der Waals surface area contributed by atoms with Gasteiger partial charge < -0.3 is 4.74 Å². The molecule has 0 saturated heterocycles. The number of carbonyl (C=O) groups excluding carboxylic acids is 2. The van der Waals surface area contributed by atoms with E-state index >= 15 is 0 Å². The predicted molar refractivity (Wildman–Crippen MR) is 164 cm³/mol. The Hall–Kier alpha value is -5.54. The summed E-state index contributed by atoms with van der Waals surface area (Å²) in [6.07, 6.45) is 0. The van der Waals surface area contributed by atoms with Crippen LogP contribution in [0, 0.1) is 0 Å². The van der Waals surface area contributed by atoms with Gasteiger partial charge >= 0.3 is 5.97 Å². The van der Waals surface area contributed by atoms with Crippen molar-refractivity contribution in [3.8, 4) is 39.1 Å². The van der Waals surface area contributed by atoms with E-state index in [-0.39, 0.29) is 11.8 Å². The zero-order chi connectivity index (χ0) is 28.0. The lowest BCUT2D eigenvalue weighted by Gasteiger charge is -2.08. The third-order valence-corrected chi connectivity index (χ3v) is 7.03. The highest BCUT2D eigenvalue weighted by atomic mass is 16.5. The Morgan fingerprint density at radius 3 is 1.07 bits per heavy atom. The van der Waals surface area contributed by atoms with E-state index in [0.717, 1.165) is 33.4 Å². The molecule has 0 radical (unpaired) electrons. The summed E-state index contributed by atoms with van der Waals surface area (Å²) in [7, 11) is 0. The number of rotatable bonds is 7. The number of ketones is 1. The minimum Gasteiger partial charge on any atom is -0.423 e. The van der Waals surface area contributed by atoms with Crippen LogP contribution in [0.4, 0.5) is 0 Å². The van der Waals surface area contributed by atoms with E-state index in [1.54, 1.807) is 24.3 Å². The van der Waals surface area contributed by atoms with Crippen LogP contribution in [0.1, 0.15) is 26.3 Å². The number of ether oxygens (including phenoxy) is 1. The Balaban J connectivity index is 1.11. The number of para-hydroxylation sites is 1. The number of hydrogen-bond donors (Lipinski definition) is 0. The molecule has 0 amide bonds. The fraction of sp³-hybridized carbons (Fsp3) is 0. The third-order valence-electron chi connectivity index (χ3n) is 7.03. The van der Waals surface area contributed by atoms with Crippen LogP contribution in [-0.4, -0.2) is 11.8 Å². The van der Waals surface area contributed by atoms with Crippen molar-refractivity contribution in [3.05, 3.63) is 174 Å². The van der Waals surface area contributed by atoms with Gasteiger partial charge in [0.1, 0.15) is 5.75 Å². The van der Waals surface area contributed by atoms with Crippen molar-refractivity contribution in [1.29, 1.82) is 0 Å². The van der Waals surface area contributed by atoms with Gasteiger partial charge in [0.25, 0.3) is 0 Å². The maximum atomic E-state index is 12.7. The highest BCUT2D eigenvalue weighted by Crippen LogP contribution is 2.28. The summed E-state index contributed by atoms with van der Waals surface area (Å²) < 4.78 is 5.43. The van der Waals surface area contributed by atoms with Crippen LogP contribution in [-0.2, 0) is 0 Å². The van der Waals surface area contributed by atoms with Gasteiger partial charge in [0, 0.05) is 11.1 Å². The monoisotopic (exact) mass is 530 g/mol. The molecular weight excluding hydrogens is 504 g/mol. The Morgan fingerprint density at radius 2 is 0.659 bits per heavy atom. The fourth-order valence-electron chi connectivity index (χ4n) is 4.73. The van der Waals surface area contributed by atoms with E-state index < -0.39 is 0 Å². The first-order valence-electron chi connectivity index (χ1n) is 13.4. The number of benzene rings is 6. The molecular formula is C38H26O3. The molecule has 0 atom stereocenters. The van der Waals surface area contributed by atoms with Crippen molar-refractivity contribution in [1.82, 2.24) is 0 Å². The molecule has 0 aromatic heterocycles. The van der Waals surface area contributed by atoms with Gasteiger partial charge in [0.15, 0.2) is 5.78 Å². The quantitative estimate of drug-likeness (QED) is 0.117. The lowest BCUT2D eigenvalue weighted by atomic mass is 9.96. The van der Waals surface area contributed by atoms with Crippen molar-refractivity contribution in [2.75, 3.05) is 0 Å². The lowest BCUT2D eigenvalue weighted by Crippen LogP contribution is -2.08. The van der Waals surface area contributed by atoms with Crippen molar-refractivity contribution >= 4 is 11.8 Å². The van der Waals surface area contributed by atoms with Crippen molar-refractivity contribution < 1.29 is 14.3 Å². The molecule has 6 aromatic carbocycles. The Labute approximate surface area is 239 Å². The van der Waals surface area contributed by atoms with Crippen LogP contribution in [0.25, 0.3) is 33.4 Å². The van der Waals surface area contributed by atoms with E-state index in [4.69, 9.17) is 4.74 Å². The van der Waals surface area contributed by atoms with Crippen LogP contribution in [0.2, 0.25) is 0 Å². The van der Waals surface area contributed by atoms with Crippen LogP contribution in [0.5, 0.6) is 5.75 Å². The van der Waals surface area contributed by atoms with Crippen LogP contribution in [0.3, 0.4) is 0 Å². The maximum absolute atomic E-state index is 12.7. The highest BCUT2D eigenvalue weighted by Gasteiger charge is 2.10. The van der Waals surface area contributed by atoms with Gasteiger partial charge in [0.05, 0.1) is 5.56 Å². The normalized spacial score (nSPS) is 10.6. The Kier molecular flexibility index (Phi) is 7.33.